The van der Waals surface area contributed by atoms with Crippen LogP contribution in [0.5, 0.6) is 0 Å². The number of aromatic nitrogens is 4. The van der Waals surface area contributed by atoms with Crippen LogP contribution in [0.25, 0.3) is 11.4 Å². The van der Waals surface area contributed by atoms with E-state index in [0.29, 0.717) is 5.82 Å². The van der Waals surface area contributed by atoms with Crippen LogP contribution in [0.3, 0.4) is 0 Å². The Morgan fingerprint density at radius 2 is 1.69 bits per heavy atom. The van der Waals surface area contributed by atoms with Crippen molar-refractivity contribution in [1.29, 1.82) is 0 Å². The van der Waals surface area contributed by atoms with E-state index in [-0.39, 0.29) is 18.5 Å². The summed E-state index contributed by atoms with van der Waals surface area (Å²) in [6.45, 7) is 8.13. The number of amides is 1. The molecule has 1 N–H and O–H groups in total. The predicted octanol–water partition coefficient (Wildman–Crippen LogP) is 3.14. The Bertz CT molecular complexity index is 894. The molecule has 1 amide bonds. The van der Waals surface area contributed by atoms with Crippen LogP contribution in [0.1, 0.15) is 35.2 Å². The van der Waals surface area contributed by atoms with Crippen LogP contribution in [0, 0.1) is 20.8 Å². The summed E-state index contributed by atoms with van der Waals surface area (Å²) in [5.41, 5.74) is 5.50. The SMILES string of the molecule is Cc1ccc(-c2nnn(CC(=O)N[C@H](C)c3cc(C)cc(C)c3)n2)cc1. The molecule has 26 heavy (non-hydrogen) atoms. The molecule has 0 bridgehead atoms. The Morgan fingerprint density at radius 1 is 1.04 bits per heavy atom. The van der Waals surface area contributed by atoms with Crippen LogP contribution < -0.4 is 5.32 Å². The van der Waals surface area contributed by atoms with Gasteiger partial charge in [-0.15, -0.1) is 10.2 Å². The second-order valence-electron chi connectivity index (χ2n) is 6.72. The van der Waals surface area contributed by atoms with Gasteiger partial charge in [-0.1, -0.05) is 59.2 Å². The molecule has 0 saturated carbocycles. The molecule has 1 heterocycles. The molecule has 6 heteroatoms. The minimum Gasteiger partial charge on any atom is -0.348 e. The standard InChI is InChI=1S/C20H23N5O/c1-13-5-7-17(8-6-13)20-22-24-25(23-20)12-19(26)21-16(4)18-10-14(2)9-15(3)11-18/h5-11,16H,12H2,1-4H3,(H,21,26)/t16-/m1/s1. The second kappa shape index (κ2) is 7.47. The van der Waals surface area contributed by atoms with Gasteiger partial charge in [0, 0.05) is 5.56 Å². The summed E-state index contributed by atoms with van der Waals surface area (Å²) in [7, 11) is 0. The fourth-order valence-corrected chi connectivity index (χ4v) is 2.89. The normalized spacial score (nSPS) is 12.0. The van der Waals surface area contributed by atoms with E-state index in [2.05, 4.69) is 52.8 Å². The van der Waals surface area contributed by atoms with E-state index in [1.165, 1.54) is 21.5 Å². The van der Waals surface area contributed by atoms with Crippen LogP contribution >= 0.6 is 0 Å². The average Bonchev–Trinajstić information content (AvgIpc) is 3.02. The molecule has 3 aromatic rings. The molecular formula is C20H23N5O. The van der Waals surface area contributed by atoms with Crippen molar-refractivity contribution in [2.24, 2.45) is 0 Å². The summed E-state index contributed by atoms with van der Waals surface area (Å²) in [6, 6.07) is 14.1. The highest BCUT2D eigenvalue weighted by atomic mass is 16.2. The summed E-state index contributed by atoms with van der Waals surface area (Å²) < 4.78 is 0. The van der Waals surface area contributed by atoms with E-state index in [1.807, 2.05) is 38.1 Å². The number of hydrogen-bond acceptors (Lipinski definition) is 4. The third-order valence-corrected chi connectivity index (χ3v) is 4.17. The van der Waals surface area contributed by atoms with Crippen molar-refractivity contribution in [1.82, 2.24) is 25.5 Å². The van der Waals surface area contributed by atoms with E-state index < -0.39 is 0 Å². The molecule has 6 nitrogen and oxygen atoms in total. The first-order valence-corrected chi connectivity index (χ1v) is 8.63. The van der Waals surface area contributed by atoms with Crippen LogP contribution in [0.2, 0.25) is 0 Å². The first-order chi connectivity index (χ1) is 12.4. The maximum atomic E-state index is 12.3. The van der Waals surface area contributed by atoms with E-state index in [1.54, 1.807) is 0 Å². The van der Waals surface area contributed by atoms with E-state index in [4.69, 9.17) is 0 Å². The minimum absolute atomic E-state index is 0.0357. The molecular weight excluding hydrogens is 326 g/mol. The maximum absolute atomic E-state index is 12.3. The lowest BCUT2D eigenvalue weighted by Gasteiger charge is -2.15. The number of carbonyl (C=O) groups is 1. The molecule has 0 aliphatic heterocycles. The molecule has 0 unspecified atom stereocenters. The molecule has 0 saturated heterocycles. The Kier molecular flexibility index (Phi) is 5.11. The second-order valence-corrected chi connectivity index (χ2v) is 6.72. The summed E-state index contributed by atoms with van der Waals surface area (Å²) in [5.74, 6) is 0.365. The number of hydrogen-bond donors (Lipinski definition) is 1. The fourth-order valence-electron chi connectivity index (χ4n) is 2.89. The van der Waals surface area contributed by atoms with Crippen molar-refractivity contribution in [2.45, 2.75) is 40.3 Å². The van der Waals surface area contributed by atoms with E-state index in [0.717, 1.165) is 11.1 Å². The highest BCUT2D eigenvalue weighted by molar-refractivity contribution is 5.76. The van der Waals surface area contributed by atoms with Crippen molar-refractivity contribution >= 4 is 5.91 Å². The van der Waals surface area contributed by atoms with Gasteiger partial charge in [-0.05, 0) is 38.5 Å². The lowest BCUT2D eigenvalue weighted by atomic mass is 10.0. The smallest absolute Gasteiger partial charge is 0.244 e. The number of nitrogens with zero attached hydrogens (tertiary/aromatic N) is 4. The van der Waals surface area contributed by atoms with Gasteiger partial charge in [0.15, 0.2) is 0 Å². The van der Waals surface area contributed by atoms with E-state index in [9.17, 15) is 4.79 Å². The quantitative estimate of drug-likeness (QED) is 0.768. The molecule has 0 radical (unpaired) electrons. The number of aryl methyl sites for hydroxylation is 3. The summed E-state index contributed by atoms with van der Waals surface area (Å²) >= 11 is 0. The molecule has 1 aromatic heterocycles. The lowest BCUT2D eigenvalue weighted by molar-refractivity contribution is -0.122. The van der Waals surface area contributed by atoms with Gasteiger partial charge in [-0.2, -0.15) is 4.80 Å². The average molecular weight is 349 g/mol. The number of rotatable bonds is 5. The minimum atomic E-state index is -0.149. The first kappa shape index (κ1) is 17.8. The molecule has 3 rings (SSSR count). The van der Waals surface area contributed by atoms with Crippen molar-refractivity contribution in [2.75, 3.05) is 0 Å². The van der Waals surface area contributed by atoms with Gasteiger partial charge in [0.1, 0.15) is 6.54 Å². The number of carbonyl (C=O) groups excluding carboxylic acids is 1. The number of nitrogens with one attached hydrogen (secondary N) is 1. The van der Waals surface area contributed by atoms with Crippen molar-refractivity contribution in [3.63, 3.8) is 0 Å². The highest BCUT2D eigenvalue weighted by Gasteiger charge is 2.13. The number of benzene rings is 2. The molecule has 0 spiro atoms. The molecule has 1 atom stereocenters. The predicted molar refractivity (Wildman–Crippen MR) is 100 cm³/mol. The summed E-state index contributed by atoms with van der Waals surface area (Å²) in [6.07, 6.45) is 0. The van der Waals surface area contributed by atoms with Crippen LogP contribution in [-0.4, -0.2) is 26.1 Å². The molecule has 0 aliphatic rings. The number of tetrazole rings is 1. The Labute approximate surface area is 153 Å². The Morgan fingerprint density at radius 3 is 2.35 bits per heavy atom. The monoisotopic (exact) mass is 349 g/mol. The van der Waals surface area contributed by atoms with Gasteiger partial charge < -0.3 is 5.32 Å². The third kappa shape index (κ3) is 4.33. The van der Waals surface area contributed by atoms with Crippen molar-refractivity contribution in [3.8, 4) is 11.4 Å². The zero-order valence-corrected chi connectivity index (χ0v) is 15.5. The van der Waals surface area contributed by atoms with Crippen LogP contribution in [0.15, 0.2) is 42.5 Å². The van der Waals surface area contributed by atoms with Crippen LogP contribution in [0.4, 0.5) is 0 Å². The molecule has 2 aromatic carbocycles. The zero-order chi connectivity index (χ0) is 18.7. The van der Waals surface area contributed by atoms with Gasteiger partial charge >= 0.3 is 0 Å². The Hall–Kier alpha value is -3.02. The molecule has 0 fully saturated rings. The van der Waals surface area contributed by atoms with Gasteiger partial charge in [-0.25, -0.2) is 0 Å². The fraction of sp³-hybridized carbons (Fsp3) is 0.300. The maximum Gasteiger partial charge on any atom is 0.244 e. The zero-order valence-electron chi connectivity index (χ0n) is 15.5. The first-order valence-electron chi connectivity index (χ1n) is 8.63. The summed E-state index contributed by atoms with van der Waals surface area (Å²) in [5, 5.41) is 15.3. The van der Waals surface area contributed by atoms with Crippen molar-refractivity contribution < 1.29 is 4.79 Å². The Balaban J connectivity index is 1.64. The molecule has 134 valence electrons. The topological polar surface area (TPSA) is 72.7 Å². The van der Waals surface area contributed by atoms with Gasteiger partial charge in [-0.3, -0.25) is 4.79 Å². The van der Waals surface area contributed by atoms with Gasteiger partial charge in [0.25, 0.3) is 0 Å². The highest BCUT2D eigenvalue weighted by Crippen LogP contribution is 2.17. The van der Waals surface area contributed by atoms with Crippen LogP contribution in [-0.2, 0) is 11.3 Å². The lowest BCUT2D eigenvalue weighted by Crippen LogP contribution is -2.31. The van der Waals surface area contributed by atoms with Crippen molar-refractivity contribution in [3.05, 3.63) is 64.7 Å². The largest absolute Gasteiger partial charge is 0.348 e. The van der Waals surface area contributed by atoms with Gasteiger partial charge in [0.2, 0.25) is 11.7 Å². The molecule has 0 aliphatic carbocycles. The third-order valence-electron chi connectivity index (χ3n) is 4.17. The summed E-state index contributed by atoms with van der Waals surface area (Å²) in [4.78, 5) is 13.6. The van der Waals surface area contributed by atoms with Gasteiger partial charge in [0.05, 0.1) is 6.04 Å². The van der Waals surface area contributed by atoms with E-state index >= 15 is 0 Å².